The molecule has 8 nitrogen and oxygen atoms in total. The highest BCUT2D eigenvalue weighted by molar-refractivity contribution is 6.04. The van der Waals surface area contributed by atoms with Crippen LogP contribution in [-0.2, 0) is 6.54 Å². The summed E-state index contributed by atoms with van der Waals surface area (Å²) >= 11 is 0. The van der Waals surface area contributed by atoms with E-state index in [1.54, 1.807) is 18.6 Å². The Kier molecular flexibility index (Phi) is 8.78. The Morgan fingerprint density at radius 1 is 1.00 bits per heavy atom. The van der Waals surface area contributed by atoms with Gasteiger partial charge in [0.25, 0.3) is 5.91 Å². The molecule has 0 bridgehead atoms. The molecular formula is C32H37N7O. The third-order valence-electron chi connectivity index (χ3n) is 7.60. The van der Waals surface area contributed by atoms with E-state index in [-0.39, 0.29) is 5.91 Å². The second-order valence-corrected chi connectivity index (χ2v) is 10.4. The van der Waals surface area contributed by atoms with Gasteiger partial charge in [0.15, 0.2) is 0 Å². The van der Waals surface area contributed by atoms with Crippen LogP contribution in [0.15, 0.2) is 79.3 Å². The third kappa shape index (κ3) is 6.89. The molecule has 2 aromatic heterocycles. The van der Waals surface area contributed by atoms with Crippen LogP contribution in [0.4, 0.5) is 17.3 Å². The molecule has 4 aromatic rings. The maximum absolute atomic E-state index is 13.0. The Hall–Kier alpha value is -4.14. The van der Waals surface area contributed by atoms with E-state index in [0.29, 0.717) is 23.2 Å². The van der Waals surface area contributed by atoms with Crippen molar-refractivity contribution in [2.24, 2.45) is 0 Å². The van der Waals surface area contributed by atoms with Crippen molar-refractivity contribution in [1.29, 1.82) is 0 Å². The van der Waals surface area contributed by atoms with Gasteiger partial charge in [0.2, 0.25) is 5.95 Å². The van der Waals surface area contributed by atoms with Crippen molar-refractivity contribution < 1.29 is 4.79 Å². The van der Waals surface area contributed by atoms with Gasteiger partial charge in [-0.2, -0.15) is 0 Å². The molecule has 1 fully saturated rings. The van der Waals surface area contributed by atoms with E-state index in [1.807, 2.05) is 55.5 Å². The monoisotopic (exact) mass is 535 g/mol. The lowest BCUT2D eigenvalue weighted by atomic mass is 10.1. The van der Waals surface area contributed by atoms with Crippen LogP contribution in [-0.4, -0.2) is 62.9 Å². The number of carbonyl (C=O) groups excluding carboxylic acids is 1. The molecule has 2 aromatic carbocycles. The Balaban J connectivity index is 1.19. The molecule has 1 saturated heterocycles. The van der Waals surface area contributed by atoms with E-state index in [9.17, 15) is 4.79 Å². The molecule has 8 heteroatoms. The van der Waals surface area contributed by atoms with Crippen LogP contribution < -0.4 is 10.6 Å². The van der Waals surface area contributed by atoms with Crippen LogP contribution in [0.3, 0.4) is 0 Å². The fraction of sp³-hybridized carbons (Fsp3) is 0.312. The van der Waals surface area contributed by atoms with E-state index in [0.717, 1.165) is 55.2 Å². The summed E-state index contributed by atoms with van der Waals surface area (Å²) in [6.07, 6.45) is 6.42. The van der Waals surface area contributed by atoms with Crippen LogP contribution in [0, 0.1) is 6.92 Å². The van der Waals surface area contributed by atoms with Gasteiger partial charge in [0, 0.05) is 79.9 Å². The number of nitrogens with one attached hydrogen (secondary N) is 2. The fourth-order valence-electron chi connectivity index (χ4n) is 4.89. The van der Waals surface area contributed by atoms with E-state index in [2.05, 4.69) is 61.4 Å². The first kappa shape index (κ1) is 27.4. The molecule has 1 atom stereocenters. The van der Waals surface area contributed by atoms with Crippen LogP contribution in [0.25, 0.3) is 11.3 Å². The van der Waals surface area contributed by atoms with Crippen LogP contribution in [0.1, 0.15) is 41.8 Å². The van der Waals surface area contributed by atoms with E-state index in [4.69, 9.17) is 0 Å². The number of carbonyl (C=O) groups is 1. The van der Waals surface area contributed by atoms with Gasteiger partial charge in [-0.05, 0) is 73.9 Å². The minimum absolute atomic E-state index is 0.140. The summed E-state index contributed by atoms with van der Waals surface area (Å²) in [5, 5.41) is 6.32. The van der Waals surface area contributed by atoms with Gasteiger partial charge in [-0.3, -0.25) is 19.6 Å². The topological polar surface area (TPSA) is 86.3 Å². The van der Waals surface area contributed by atoms with Crippen molar-refractivity contribution in [1.82, 2.24) is 24.8 Å². The summed E-state index contributed by atoms with van der Waals surface area (Å²) < 4.78 is 0. The molecule has 206 valence electrons. The minimum Gasteiger partial charge on any atom is -0.324 e. The van der Waals surface area contributed by atoms with Crippen molar-refractivity contribution in [3.8, 4) is 11.3 Å². The Morgan fingerprint density at radius 2 is 1.80 bits per heavy atom. The summed E-state index contributed by atoms with van der Waals surface area (Å²) in [6.45, 7) is 11.9. The highest BCUT2D eigenvalue weighted by Gasteiger charge is 2.20. The van der Waals surface area contributed by atoms with Crippen molar-refractivity contribution in [3.63, 3.8) is 0 Å². The van der Waals surface area contributed by atoms with Gasteiger partial charge < -0.3 is 10.6 Å². The van der Waals surface area contributed by atoms with Crippen LogP contribution >= 0.6 is 0 Å². The highest BCUT2D eigenvalue weighted by Crippen LogP contribution is 2.25. The number of pyridine rings is 1. The summed E-state index contributed by atoms with van der Waals surface area (Å²) in [6, 6.07) is 20.0. The van der Waals surface area contributed by atoms with Crippen molar-refractivity contribution in [3.05, 3.63) is 95.9 Å². The predicted molar refractivity (Wildman–Crippen MR) is 161 cm³/mol. The van der Waals surface area contributed by atoms with Crippen molar-refractivity contribution in [2.75, 3.05) is 36.8 Å². The SMILES string of the molecule is CCC(C)N1CCN(Cc2ccc(C(=O)Nc3ccc(C)c(Nc4nccc(-c5cccnc5)n4)c3)cc2)CC1. The number of piperazine rings is 1. The lowest BCUT2D eigenvalue weighted by molar-refractivity contribution is 0.0963. The molecule has 1 unspecified atom stereocenters. The minimum atomic E-state index is -0.140. The number of aromatic nitrogens is 3. The Morgan fingerprint density at radius 3 is 2.52 bits per heavy atom. The zero-order chi connectivity index (χ0) is 27.9. The molecule has 1 amide bonds. The molecule has 1 aliphatic rings. The lowest BCUT2D eigenvalue weighted by Gasteiger charge is -2.37. The quantitative estimate of drug-likeness (QED) is 0.282. The fourth-order valence-corrected chi connectivity index (χ4v) is 4.89. The Labute approximate surface area is 236 Å². The molecular weight excluding hydrogens is 498 g/mol. The van der Waals surface area contributed by atoms with Crippen LogP contribution in [0.2, 0.25) is 0 Å². The maximum Gasteiger partial charge on any atom is 0.255 e. The van der Waals surface area contributed by atoms with E-state index < -0.39 is 0 Å². The van der Waals surface area contributed by atoms with E-state index >= 15 is 0 Å². The molecule has 40 heavy (non-hydrogen) atoms. The molecule has 0 aliphatic carbocycles. The molecule has 1 aliphatic heterocycles. The van der Waals surface area contributed by atoms with Gasteiger partial charge in [-0.1, -0.05) is 25.1 Å². The van der Waals surface area contributed by atoms with Gasteiger partial charge in [-0.25, -0.2) is 9.97 Å². The van der Waals surface area contributed by atoms with Gasteiger partial charge in [0.05, 0.1) is 5.69 Å². The second kappa shape index (κ2) is 12.8. The zero-order valence-corrected chi connectivity index (χ0v) is 23.5. The number of anilines is 3. The summed E-state index contributed by atoms with van der Waals surface area (Å²) in [4.78, 5) is 31.3. The Bertz CT molecular complexity index is 1420. The van der Waals surface area contributed by atoms with Gasteiger partial charge >= 0.3 is 0 Å². The largest absolute Gasteiger partial charge is 0.324 e. The first-order valence-corrected chi connectivity index (χ1v) is 14.0. The van der Waals surface area contributed by atoms with Crippen LogP contribution in [0.5, 0.6) is 0 Å². The molecule has 0 saturated carbocycles. The molecule has 3 heterocycles. The summed E-state index contributed by atoms with van der Waals surface area (Å²) in [5.41, 5.74) is 6.10. The first-order valence-electron chi connectivity index (χ1n) is 14.0. The molecule has 5 rings (SSSR count). The number of rotatable bonds is 9. The average molecular weight is 536 g/mol. The molecule has 0 spiro atoms. The number of amides is 1. The smallest absolute Gasteiger partial charge is 0.255 e. The summed E-state index contributed by atoms with van der Waals surface area (Å²) in [7, 11) is 0. The highest BCUT2D eigenvalue weighted by atomic mass is 16.1. The number of aryl methyl sites for hydroxylation is 1. The molecule has 2 N–H and O–H groups in total. The first-order chi connectivity index (χ1) is 19.5. The average Bonchev–Trinajstić information content (AvgIpc) is 3.00. The predicted octanol–water partition coefficient (Wildman–Crippen LogP) is 5.76. The van der Waals surface area contributed by atoms with Crippen molar-refractivity contribution in [2.45, 2.75) is 39.8 Å². The second-order valence-electron chi connectivity index (χ2n) is 10.4. The van der Waals surface area contributed by atoms with E-state index in [1.165, 1.54) is 12.0 Å². The summed E-state index contributed by atoms with van der Waals surface area (Å²) in [5.74, 6) is 0.336. The van der Waals surface area contributed by atoms with Gasteiger partial charge in [-0.15, -0.1) is 0 Å². The van der Waals surface area contributed by atoms with Gasteiger partial charge in [0.1, 0.15) is 0 Å². The number of hydrogen-bond donors (Lipinski definition) is 2. The maximum atomic E-state index is 13.0. The zero-order valence-electron chi connectivity index (χ0n) is 23.5. The number of benzene rings is 2. The van der Waals surface area contributed by atoms with Crippen molar-refractivity contribution >= 4 is 23.2 Å². The third-order valence-corrected chi connectivity index (χ3v) is 7.60. The lowest BCUT2D eigenvalue weighted by Crippen LogP contribution is -2.48. The molecule has 0 radical (unpaired) electrons. The number of nitrogens with zero attached hydrogens (tertiary/aromatic N) is 5. The number of hydrogen-bond acceptors (Lipinski definition) is 7. The standard InChI is InChI=1S/C32H37N7O/c1-4-24(3)39-18-16-38(17-19-39)22-25-8-10-26(11-9-25)31(40)35-28-12-7-23(2)30(20-28)37-32-34-15-13-29(36-32)27-6-5-14-33-21-27/h5-15,20-21,24H,4,16-19,22H2,1-3H3,(H,35,40)(H,34,36,37). The normalized spacial score (nSPS) is 15.0.